The molecule has 4 rings (SSSR count). The van der Waals surface area contributed by atoms with Gasteiger partial charge in [0.05, 0.1) is 5.70 Å². The number of ketones is 1. The van der Waals surface area contributed by atoms with E-state index in [9.17, 15) is 9.59 Å². The second-order valence-electron chi connectivity index (χ2n) is 6.82. The first-order valence-corrected chi connectivity index (χ1v) is 8.76. The molecular weight excluding hydrogens is 324 g/mol. The first-order chi connectivity index (χ1) is 12.5. The van der Waals surface area contributed by atoms with Gasteiger partial charge in [0.1, 0.15) is 5.70 Å². The predicted molar refractivity (Wildman–Crippen MR) is 103 cm³/mol. The molecule has 0 spiro atoms. The zero-order valence-electron chi connectivity index (χ0n) is 14.9. The molecule has 130 valence electrons. The Labute approximate surface area is 152 Å². The van der Waals surface area contributed by atoms with Gasteiger partial charge in [-0.2, -0.15) is 0 Å². The smallest absolute Gasteiger partial charge is 0.279 e. The van der Waals surface area contributed by atoms with E-state index in [0.717, 1.165) is 28.1 Å². The summed E-state index contributed by atoms with van der Waals surface area (Å²) in [6.07, 6.45) is 2.61. The summed E-state index contributed by atoms with van der Waals surface area (Å²) in [5.74, 6) is -0.0596. The van der Waals surface area contributed by atoms with Crippen molar-refractivity contribution in [2.75, 3.05) is 10.2 Å². The van der Waals surface area contributed by atoms with Crippen molar-refractivity contribution in [2.45, 2.75) is 26.7 Å². The number of hydrogen-bond acceptors (Lipinski definition) is 3. The van der Waals surface area contributed by atoms with Gasteiger partial charge in [0.2, 0.25) is 0 Å². The Balaban J connectivity index is 1.76. The van der Waals surface area contributed by atoms with Gasteiger partial charge in [0, 0.05) is 29.4 Å². The van der Waals surface area contributed by atoms with Crippen LogP contribution in [0.2, 0.25) is 0 Å². The van der Waals surface area contributed by atoms with Crippen LogP contribution in [0.15, 0.2) is 71.6 Å². The van der Waals surface area contributed by atoms with Crippen molar-refractivity contribution >= 4 is 23.1 Å². The van der Waals surface area contributed by atoms with E-state index in [0.29, 0.717) is 24.2 Å². The fourth-order valence-electron chi connectivity index (χ4n) is 3.35. The summed E-state index contributed by atoms with van der Waals surface area (Å²) >= 11 is 0. The van der Waals surface area contributed by atoms with Gasteiger partial charge >= 0.3 is 0 Å². The van der Waals surface area contributed by atoms with E-state index < -0.39 is 0 Å². The van der Waals surface area contributed by atoms with Gasteiger partial charge in [-0.15, -0.1) is 0 Å². The maximum atomic E-state index is 13.2. The van der Waals surface area contributed by atoms with Crippen molar-refractivity contribution in [3.8, 4) is 0 Å². The molecule has 0 atom stereocenters. The lowest BCUT2D eigenvalue weighted by Gasteiger charge is -2.21. The largest absolute Gasteiger partial charge is 0.351 e. The quantitative estimate of drug-likeness (QED) is 0.905. The molecule has 0 unspecified atom stereocenters. The highest BCUT2D eigenvalue weighted by atomic mass is 16.2. The van der Waals surface area contributed by atoms with Crippen molar-refractivity contribution in [3.63, 3.8) is 0 Å². The first-order valence-electron chi connectivity index (χ1n) is 8.76. The van der Waals surface area contributed by atoms with E-state index in [2.05, 4.69) is 5.32 Å². The summed E-state index contributed by atoms with van der Waals surface area (Å²) in [7, 11) is 0. The highest BCUT2D eigenvalue weighted by Crippen LogP contribution is 2.39. The third-order valence-electron chi connectivity index (χ3n) is 4.80. The van der Waals surface area contributed by atoms with Crippen molar-refractivity contribution in [1.82, 2.24) is 0 Å². The van der Waals surface area contributed by atoms with Gasteiger partial charge in [-0.3, -0.25) is 14.5 Å². The lowest BCUT2D eigenvalue weighted by Crippen LogP contribution is -2.28. The van der Waals surface area contributed by atoms with Gasteiger partial charge in [-0.25, -0.2) is 0 Å². The summed E-state index contributed by atoms with van der Waals surface area (Å²) < 4.78 is 0. The van der Waals surface area contributed by atoms with E-state index >= 15 is 0 Å². The predicted octanol–water partition coefficient (Wildman–Crippen LogP) is 4.26. The van der Waals surface area contributed by atoms with Crippen LogP contribution in [0.3, 0.4) is 0 Å². The van der Waals surface area contributed by atoms with Crippen LogP contribution in [0.25, 0.3) is 0 Å². The number of nitrogens with one attached hydrogen (secondary N) is 1. The zero-order valence-corrected chi connectivity index (χ0v) is 14.9. The molecule has 2 aromatic carbocycles. The molecule has 2 aromatic rings. The second-order valence-corrected chi connectivity index (χ2v) is 6.82. The summed E-state index contributed by atoms with van der Waals surface area (Å²) in [5.41, 5.74) is 6.11. The number of carbonyl (C=O) groups excluding carboxylic acids is 2. The molecular formula is C22H20N2O2. The van der Waals surface area contributed by atoms with E-state index in [1.807, 2.05) is 62.4 Å². The zero-order chi connectivity index (χ0) is 18.3. The number of fused-ring (bicyclic) bond motifs is 1. The number of hydrogen-bond donors (Lipinski definition) is 1. The molecule has 1 N–H and O–H groups in total. The number of aryl methyl sites for hydroxylation is 2. The standard InChI is InChI=1S/C22H20N2O2/c1-14-3-7-16(8-4-14)23-21-19-12-11-18(25)13-20(19)24(22(21)26)17-9-5-15(2)6-10-17/h3-10,13,23H,11-12H2,1-2H3. The highest BCUT2D eigenvalue weighted by Gasteiger charge is 2.38. The minimum atomic E-state index is -0.120. The van der Waals surface area contributed by atoms with Crippen molar-refractivity contribution < 1.29 is 9.59 Å². The average Bonchev–Trinajstić information content (AvgIpc) is 2.89. The summed E-state index contributed by atoms with van der Waals surface area (Å²) in [4.78, 5) is 26.8. The Morgan fingerprint density at radius 3 is 2.12 bits per heavy atom. The van der Waals surface area contributed by atoms with Crippen LogP contribution in [0.4, 0.5) is 11.4 Å². The van der Waals surface area contributed by atoms with Crippen LogP contribution in [0.5, 0.6) is 0 Å². The number of carbonyl (C=O) groups is 2. The van der Waals surface area contributed by atoms with Crippen LogP contribution < -0.4 is 10.2 Å². The van der Waals surface area contributed by atoms with E-state index in [-0.39, 0.29) is 11.7 Å². The van der Waals surface area contributed by atoms with Crippen LogP contribution in [-0.2, 0) is 9.59 Å². The molecule has 1 amide bonds. The van der Waals surface area contributed by atoms with E-state index in [4.69, 9.17) is 0 Å². The molecule has 0 saturated carbocycles. The van der Waals surface area contributed by atoms with Gasteiger partial charge in [-0.1, -0.05) is 35.4 Å². The van der Waals surface area contributed by atoms with E-state index in [1.54, 1.807) is 11.0 Å². The minimum Gasteiger partial charge on any atom is -0.351 e. The molecule has 0 saturated heterocycles. The van der Waals surface area contributed by atoms with Gasteiger partial charge in [0.15, 0.2) is 5.78 Å². The Bertz CT molecular complexity index is 951. The normalized spacial score (nSPS) is 16.7. The highest BCUT2D eigenvalue weighted by molar-refractivity contribution is 6.16. The Kier molecular flexibility index (Phi) is 3.96. The fourth-order valence-corrected chi connectivity index (χ4v) is 3.35. The topological polar surface area (TPSA) is 49.4 Å². The van der Waals surface area contributed by atoms with Crippen molar-refractivity contribution in [3.05, 3.63) is 82.7 Å². The second kappa shape index (κ2) is 6.30. The lowest BCUT2D eigenvalue weighted by atomic mass is 9.97. The first kappa shape index (κ1) is 16.3. The number of allylic oxidation sites excluding steroid dienone is 2. The lowest BCUT2D eigenvalue weighted by molar-refractivity contribution is -0.115. The Morgan fingerprint density at radius 2 is 1.46 bits per heavy atom. The maximum absolute atomic E-state index is 13.2. The molecule has 1 aliphatic carbocycles. The molecule has 4 heteroatoms. The van der Waals surface area contributed by atoms with Gasteiger partial charge in [0.25, 0.3) is 5.91 Å². The summed E-state index contributed by atoms with van der Waals surface area (Å²) in [6, 6.07) is 15.7. The molecule has 0 bridgehead atoms. The van der Waals surface area contributed by atoms with Crippen LogP contribution >= 0.6 is 0 Å². The summed E-state index contributed by atoms with van der Waals surface area (Å²) in [5, 5.41) is 3.28. The number of benzene rings is 2. The number of amides is 1. The molecule has 2 aliphatic rings. The SMILES string of the molecule is Cc1ccc(NC2=C3CCC(=O)C=C3N(c3ccc(C)cc3)C2=O)cc1. The third-order valence-corrected chi connectivity index (χ3v) is 4.80. The van der Waals surface area contributed by atoms with Crippen LogP contribution in [-0.4, -0.2) is 11.7 Å². The molecule has 26 heavy (non-hydrogen) atoms. The van der Waals surface area contributed by atoms with Gasteiger partial charge in [-0.05, 0) is 44.5 Å². The van der Waals surface area contributed by atoms with Crippen LogP contribution in [0.1, 0.15) is 24.0 Å². The van der Waals surface area contributed by atoms with E-state index in [1.165, 1.54) is 0 Å². The molecule has 0 aromatic heterocycles. The Hall–Kier alpha value is -3.14. The third kappa shape index (κ3) is 2.84. The monoisotopic (exact) mass is 344 g/mol. The Morgan fingerprint density at radius 1 is 0.846 bits per heavy atom. The number of rotatable bonds is 3. The van der Waals surface area contributed by atoms with Crippen molar-refractivity contribution in [2.24, 2.45) is 0 Å². The number of anilines is 2. The molecule has 1 aliphatic heterocycles. The molecule has 0 fully saturated rings. The average molecular weight is 344 g/mol. The summed E-state index contributed by atoms with van der Waals surface area (Å²) in [6.45, 7) is 4.03. The van der Waals surface area contributed by atoms with Gasteiger partial charge < -0.3 is 5.32 Å². The molecule has 0 radical (unpaired) electrons. The number of nitrogens with zero attached hydrogens (tertiary/aromatic N) is 1. The fraction of sp³-hybridized carbons (Fsp3) is 0.182. The molecule has 1 heterocycles. The minimum absolute atomic E-state index is 0.0604. The molecule has 4 nitrogen and oxygen atoms in total. The van der Waals surface area contributed by atoms with Crippen molar-refractivity contribution in [1.29, 1.82) is 0 Å². The van der Waals surface area contributed by atoms with Crippen LogP contribution in [0, 0.1) is 13.8 Å². The maximum Gasteiger partial charge on any atom is 0.279 e.